The largest absolute Gasteiger partial charge is 0.341 e. The summed E-state index contributed by atoms with van der Waals surface area (Å²) >= 11 is 0. The lowest BCUT2D eigenvalue weighted by molar-refractivity contribution is -0.133. The van der Waals surface area contributed by atoms with E-state index in [1.165, 1.54) is 11.6 Å². The molecule has 0 atom stereocenters. The second kappa shape index (κ2) is 6.82. The number of aromatic nitrogens is 2. The summed E-state index contributed by atoms with van der Waals surface area (Å²) in [5.41, 5.74) is -0.262. The van der Waals surface area contributed by atoms with Gasteiger partial charge in [0.2, 0.25) is 11.8 Å². The van der Waals surface area contributed by atoms with Crippen LogP contribution in [-0.2, 0) is 16.1 Å². The number of carbonyl (C=O) groups excluding carboxylic acids is 2. The molecule has 0 unspecified atom stereocenters. The van der Waals surface area contributed by atoms with Crippen molar-refractivity contribution in [3.63, 3.8) is 0 Å². The Morgan fingerprint density at radius 2 is 1.79 bits per heavy atom. The Balaban J connectivity index is 1.74. The van der Waals surface area contributed by atoms with E-state index < -0.39 is 0 Å². The normalized spacial score (nSPS) is 15.4. The molecule has 1 fully saturated rings. The molecule has 2 aromatic rings. The van der Waals surface area contributed by atoms with Crippen LogP contribution in [0.5, 0.6) is 0 Å². The summed E-state index contributed by atoms with van der Waals surface area (Å²) in [6.07, 6.45) is 2.34. The third-order valence-corrected chi connectivity index (χ3v) is 4.34. The molecule has 0 spiro atoms. The van der Waals surface area contributed by atoms with E-state index >= 15 is 0 Å². The van der Waals surface area contributed by atoms with Crippen LogP contribution in [0, 0.1) is 0 Å². The summed E-state index contributed by atoms with van der Waals surface area (Å²) in [4.78, 5) is 39.8. The van der Waals surface area contributed by atoms with E-state index in [-0.39, 0.29) is 23.9 Å². The first kappa shape index (κ1) is 16.2. The molecular weight excluding hydrogens is 308 g/mol. The highest BCUT2D eigenvalue weighted by Gasteiger charge is 2.21. The van der Waals surface area contributed by atoms with Gasteiger partial charge in [0.25, 0.3) is 5.56 Å². The molecule has 3 rings (SSSR count). The number of hydrogen-bond acceptors (Lipinski definition) is 4. The zero-order valence-corrected chi connectivity index (χ0v) is 13.6. The Morgan fingerprint density at radius 1 is 1.08 bits per heavy atom. The molecule has 2 heterocycles. The SMILES string of the molecule is CC(=O)N1CCCN(C(=O)Cn2ncc3ccccc3c2=O)CC1. The third-order valence-electron chi connectivity index (χ3n) is 4.34. The number of rotatable bonds is 2. The Kier molecular flexibility index (Phi) is 4.59. The monoisotopic (exact) mass is 328 g/mol. The molecule has 1 aromatic heterocycles. The van der Waals surface area contributed by atoms with Crippen molar-refractivity contribution < 1.29 is 9.59 Å². The average molecular weight is 328 g/mol. The minimum absolute atomic E-state index is 0.0247. The first-order valence-corrected chi connectivity index (χ1v) is 8.04. The highest BCUT2D eigenvalue weighted by Crippen LogP contribution is 2.07. The maximum Gasteiger partial charge on any atom is 0.275 e. The fourth-order valence-corrected chi connectivity index (χ4v) is 2.95. The molecule has 24 heavy (non-hydrogen) atoms. The molecule has 7 heteroatoms. The van der Waals surface area contributed by atoms with Crippen molar-refractivity contribution >= 4 is 22.6 Å². The topological polar surface area (TPSA) is 75.5 Å². The zero-order chi connectivity index (χ0) is 17.1. The molecular formula is C17H20N4O3. The van der Waals surface area contributed by atoms with Crippen LogP contribution in [0.4, 0.5) is 0 Å². The van der Waals surface area contributed by atoms with Crippen molar-refractivity contribution in [1.82, 2.24) is 19.6 Å². The van der Waals surface area contributed by atoms with E-state index in [0.29, 0.717) is 31.6 Å². The lowest BCUT2D eigenvalue weighted by Crippen LogP contribution is -2.40. The zero-order valence-electron chi connectivity index (χ0n) is 13.6. The number of benzene rings is 1. The molecule has 1 aromatic carbocycles. The lowest BCUT2D eigenvalue weighted by Gasteiger charge is -2.21. The molecule has 126 valence electrons. The van der Waals surface area contributed by atoms with Gasteiger partial charge in [-0.05, 0) is 12.5 Å². The number of hydrogen-bond donors (Lipinski definition) is 0. The standard InChI is InChI=1S/C17H20N4O3/c1-13(22)19-7-4-8-20(10-9-19)16(23)12-21-17(24)15-6-3-2-5-14(15)11-18-21/h2-3,5-6,11H,4,7-10,12H2,1H3. The summed E-state index contributed by atoms with van der Waals surface area (Å²) in [6.45, 7) is 3.72. The van der Waals surface area contributed by atoms with Gasteiger partial charge in [0, 0.05) is 38.5 Å². The average Bonchev–Trinajstić information content (AvgIpc) is 2.84. The van der Waals surface area contributed by atoms with E-state index in [2.05, 4.69) is 5.10 Å². The first-order chi connectivity index (χ1) is 11.6. The number of fused-ring (bicyclic) bond motifs is 1. The van der Waals surface area contributed by atoms with Crippen molar-refractivity contribution in [2.24, 2.45) is 0 Å². The summed E-state index contributed by atoms with van der Waals surface area (Å²) in [7, 11) is 0. The van der Waals surface area contributed by atoms with Gasteiger partial charge in [-0.1, -0.05) is 18.2 Å². The van der Waals surface area contributed by atoms with Crippen molar-refractivity contribution in [3.05, 3.63) is 40.8 Å². The molecule has 0 saturated carbocycles. The van der Waals surface area contributed by atoms with Gasteiger partial charge in [0.15, 0.2) is 0 Å². The highest BCUT2D eigenvalue weighted by atomic mass is 16.2. The van der Waals surface area contributed by atoms with Gasteiger partial charge in [0.1, 0.15) is 6.54 Å². The van der Waals surface area contributed by atoms with Crippen molar-refractivity contribution in [1.29, 1.82) is 0 Å². The Morgan fingerprint density at radius 3 is 2.58 bits per heavy atom. The van der Waals surface area contributed by atoms with Crippen LogP contribution in [0.15, 0.2) is 35.3 Å². The summed E-state index contributed by atoms with van der Waals surface area (Å²) in [5.74, 6) is -0.123. The molecule has 1 aliphatic heterocycles. The van der Waals surface area contributed by atoms with Gasteiger partial charge in [-0.15, -0.1) is 0 Å². The van der Waals surface area contributed by atoms with Crippen molar-refractivity contribution in [3.8, 4) is 0 Å². The fourth-order valence-electron chi connectivity index (χ4n) is 2.95. The highest BCUT2D eigenvalue weighted by molar-refractivity contribution is 5.81. The Labute approximate surface area is 139 Å². The van der Waals surface area contributed by atoms with Gasteiger partial charge in [-0.2, -0.15) is 5.10 Å². The van der Waals surface area contributed by atoms with Crippen LogP contribution in [0.3, 0.4) is 0 Å². The molecule has 0 N–H and O–H groups in total. The first-order valence-electron chi connectivity index (χ1n) is 8.04. The van der Waals surface area contributed by atoms with E-state index in [1.807, 2.05) is 12.1 Å². The van der Waals surface area contributed by atoms with Crippen LogP contribution in [0.1, 0.15) is 13.3 Å². The van der Waals surface area contributed by atoms with Crippen LogP contribution in [0.25, 0.3) is 10.8 Å². The van der Waals surface area contributed by atoms with E-state index in [9.17, 15) is 14.4 Å². The maximum atomic E-state index is 12.5. The molecule has 1 saturated heterocycles. The van der Waals surface area contributed by atoms with E-state index in [4.69, 9.17) is 0 Å². The minimum Gasteiger partial charge on any atom is -0.341 e. The number of nitrogens with zero attached hydrogens (tertiary/aromatic N) is 4. The fraction of sp³-hybridized carbons (Fsp3) is 0.412. The van der Waals surface area contributed by atoms with E-state index in [0.717, 1.165) is 11.8 Å². The van der Waals surface area contributed by atoms with Gasteiger partial charge in [-0.25, -0.2) is 4.68 Å². The predicted molar refractivity (Wildman–Crippen MR) is 89.5 cm³/mol. The smallest absolute Gasteiger partial charge is 0.275 e. The van der Waals surface area contributed by atoms with Crippen LogP contribution in [-0.4, -0.2) is 57.6 Å². The Hall–Kier alpha value is -2.70. The van der Waals surface area contributed by atoms with Crippen LogP contribution in [0.2, 0.25) is 0 Å². The van der Waals surface area contributed by atoms with Crippen LogP contribution >= 0.6 is 0 Å². The number of carbonyl (C=O) groups is 2. The molecule has 7 nitrogen and oxygen atoms in total. The number of amides is 2. The van der Waals surface area contributed by atoms with E-state index in [1.54, 1.807) is 28.1 Å². The quantitative estimate of drug-likeness (QED) is 0.803. The second-order valence-electron chi connectivity index (χ2n) is 5.94. The van der Waals surface area contributed by atoms with Gasteiger partial charge >= 0.3 is 0 Å². The molecule has 0 bridgehead atoms. The second-order valence-corrected chi connectivity index (χ2v) is 5.94. The molecule has 0 aliphatic carbocycles. The lowest BCUT2D eigenvalue weighted by atomic mass is 10.2. The van der Waals surface area contributed by atoms with Gasteiger partial charge in [0.05, 0.1) is 11.6 Å². The van der Waals surface area contributed by atoms with Gasteiger partial charge in [-0.3, -0.25) is 14.4 Å². The van der Waals surface area contributed by atoms with Crippen LogP contribution < -0.4 is 5.56 Å². The molecule has 1 aliphatic rings. The summed E-state index contributed by atoms with van der Waals surface area (Å²) < 4.78 is 1.21. The van der Waals surface area contributed by atoms with Gasteiger partial charge < -0.3 is 9.80 Å². The third kappa shape index (κ3) is 3.29. The Bertz CT molecular complexity index is 830. The molecule has 2 amide bonds. The minimum atomic E-state index is -0.262. The predicted octanol–water partition coefficient (Wildman–Crippen LogP) is 0.477. The van der Waals surface area contributed by atoms with Crippen molar-refractivity contribution in [2.75, 3.05) is 26.2 Å². The van der Waals surface area contributed by atoms with Crippen molar-refractivity contribution in [2.45, 2.75) is 19.9 Å². The molecule has 0 radical (unpaired) electrons. The maximum absolute atomic E-state index is 12.5. The summed E-state index contributed by atoms with van der Waals surface area (Å²) in [6, 6.07) is 7.19. The summed E-state index contributed by atoms with van der Waals surface area (Å²) in [5, 5.41) is 5.42.